The van der Waals surface area contributed by atoms with Gasteiger partial charge < -0.3 is 4.74 Å². The van der Waals surface area contributed by atoms with Gasteiger partial charge >= 0.3 is 0 Å². The number of hydrogen-bond donors (Lipinski definition) is 2. The molecule has 3 aromatic carbocycles. The molecule has 7 nitrogen and oxygen atoms in total. The van der Waals surface area contributed by atoms with Crippen LogP contribution in [0.1, 0.15) is 18.1 Å². The van der Waals surface area contributed by atoms with E-state index in [2.05, 4.69) is 9.44 Å². The summed E-state index contributed by atoms with van der Waals surface area (Å²) in [5, 5.41) is 0. The van der Waals surface area contributed by atoms with E-state index in [0.717, 1.165) is 11.1 Å². The zero-order chi connectivity index (χ0) is 22.6. The molecule has 2 N–H and O–H groups in total. The summed E-state index contributed by atoms with van der Waals surface area (Å²) in [7, 11) is -7.63. The molecular formula is C22H24N2O5S2. The van der Waals surface area contributed by atoms with Gasteiger partial charge in [0.25, 0.3) is 20.0 Å². The van der Waals surface area contributed by atoms with Crippen LogP contribution >= 0.6 is 0 Å². The van der Waals surface area contributed by atoms with Crippen molar-refractivity contribution < 1.29 is 21.6 Å². The van der Waals surface area contributed by atoms with Gasteiger partial charge in [-0.1, -0.05) is 6.07 Å². The summed E-state index contributed by atoms with van der Waals surface area (Å²) in [6.45, 7) is 6.17. The van der Waals surface area contributed by atoms with Crippen LogP contribution in [0.25, 0.3) is 0 Å². The van der Waals surface area contributed by atoms with E-state index in [1.807, 2.05) is 26.8 Å². The van der Waals surface area contributed by atoms with Crippen molar-refractivity contribution in [2.24, 2.45) is 0 Å². The van der Waals surface area contributed by atoms with Crippen LogP contribution in [-0.2, 0) is 20.0 Å². The Balaban J connectivity index is 1.74. The van der Waals surface area contributed by atoms with Crippen molar-refractivity contribution in [3.05, 3.63) is 77.9 Å². The third kappa shape index (κ3) is 5.56. The van der Waals surface area contributed by atoms with Crippen molar-refractivity contribution in [3.8, 4) is 5.75 Å². The number of hydrogen-bond acceptors (Lipinski definition) is 5. The van der Waals surface area contributed by atoms with Crippen LogP contribution in [0.4, 0.5) is 11.4 Å². The average Bonchev–Trinajstić information content (AvgIpc) is 2.71. The van der Waals surface area contributed by atoms with Gasteiger partial charge in [-0.05, 0) is 92.6 Å². The summed E-state index contributed by atoms with van der Waals surface area (Å²) >= 11 is 0. The second-order valence-corrected chi connectivity index (χ2v) is 10.3. The van der Waals surface area contributed by atoms with Crippen molar-refractivity contribution in [1.82, 2.24) is 0 Å². The quantitative estimate of drug-likeness (QED) is 0.522. The molecule has 0 saturated carbocycles. The number of rotatable bonds is 8. The first kappa shape index (κ1) is 22.6. The van der Waals surface area contributed by atoms with Crippen molar-refractivity contribution in [2.75, 3.05) is 16.1 Å². The minimum Gasteiger partial charge on any atom is -0.494 e. The van der Waals surface area contributed by atoms with E-state index in [1.165, 1.54) is 36.4 Å². The number of sulfonamides is 2. The lowest BCUT2D eigenvalue weighted by Gasteiger charge is -2.12. The molecule has 0 fully saturated rings. The fourth-order valence-electron chi connectivity index (χ4n) is 2.82. The monoisotopic (exact) mass is 460 g/mol. The molecular weight excluding hydrogens is 436 g/mol. The molecule has 0 aliphatic carbocycles. The smallest absolute Gasteiger partial charge is 0.261 e. The molecule has 0 atom stereocenters. The third-order valence-electron chi connectivity index (χ3n) is 4.62. The van der Waals surface area contributed by atoms with Crippen LogP contribution in [0.2, 0.25) is 0 Å². The van der Waals surface area contributed by atoms with Crippen molar-refractivity contribution in [2.45, 2.75) is 30.6 Å². The summed E-state index contributed by atoms with van der Waals surface area (Å²) in [6.07, 6.45) is 0. The molecule has 0 bridgehead atoms. The Bertz CT molecular complexity index is 1270. The number of aryl methyl sites for hydroxylation is 2. The normalized spacial score (nSPS) is 11.7. The summed E-state index contributed by atoms with van der Waals surface area (Å²) < 4.78 is 60.7. The molecule has 0 aliphatic rings. The maximum Gasteiger partial charge on any atom is 0.261 e. The molecule has 0 amide bonds. The highest BCUT2D eigenvalue weighted by molar-refractivity contribution is 7.93. The van der Waals surface area contributed by atoms with Gasteiger partial charge in [0.15, 0.2) is 0 Å². The molecule has 0 heterocycles. The van der Waals surface area contributed by atoms with Crippen molar-refractivity contribution in [1.29, 1.82) is 0 Å². The Kier molecular flexibility index (Phi) is 6.56. The third-order valence-corrected chi connectivity index (χ3v) is 7.42. The second kappa shape index (κ2) is 8.99. The van der Waals surface area contributed by atoms with Gasteiger partial charge in [0.1, 0.15) is 5.75 Å². The standard InChI is InChI=1S/C22H24N2O5S2/c1-4-29-20-9-13-22(14-10-20)30(25,26)23-18-7-11-21(12-8-18)31(27,28)24-19-6-5-16(2)17(3)15-19/h5-15,23-24H,4H2,1-3H3. The lowest BCUT2D eigenvalue weighted by Crippen LogP contribution is -2.14. The Hall–Kier alpha value is -3.04. The van der Waals surface area contributed by atoms with Gasteiger partial charge in [0.05, 0.1) is 16.4 Å². The Labute approximate surface area is 183 Å². The topological polar surface area (TPSA) is 102 Å². The molecule has 0 saturated heterocycles. The minimum atomic E-state index is -3.82. The average molecular weight is 461 g/mol. The fraction of sp³-hybridized carbons (Fsp3) is 0.182. The van der Waals surface area contributed by atoms with Crippen LogP contribution in [0.3, 0.4) is 0 Å². The van der Waals surface area contributed by atoms with E-state index in [4.69, 9.17) is 4.74 Å². The van der Waals surface area contributed by atoms with Crippen LogP contribution in [0, 0.1) is 13.8 Å². The second-order valence-electron chi connectivity index (χ2n) is 6.94. The summed E-state index contributed by atoms with van der Waals surface area (Å²) in [5.41, 5.74) is 2.74. The fourth-order valence-corrected chi connectivity index (χ4v) is 4.93. The molecule has 9 heteroatoms. The van der Waals surface area contributed by atoms with E-state index >= 15 is 0 Å². The number of benzene rings is 3. The first-order valence-corrected chi connectivity index (χ1v) is 12.5. The lowest BCUT2D eigenvalue weighted by atomic mass is 10.1. The lowest BCUT2D eigenvalue weighted by molar-refractivity contribution is 0.340. The molecule has 31 heavy (non-hydrogen) atoms. The van der Waals surface area contributed by atoms with Gasteiger partial charge in [-0.2, -0.15) is 0 Å². The summed E-state index contributed by atoms with van der Waals surface area (Å²) in [4.78, 5) is 0.0961. The van der Waals surface area contributed by atoms with Crippen LogP contribution in [0.15, 0.2) is 76.5 Å². The largest absolute Gasteiger partial charge is 0.494 e. The van der Waals surface area contributed by atoms with Crippen LogP contribution in [-0.4, -0.2) is 23.4 Å². The minimum absolute atomic E-state index is 0.0229. The first-order valence-electron chi connectivity index (χ1n) is 9.56. The Morgan fingerprint density at radius 2 is 1.16 bits per heavy atom. The maximum absolute atomic E-state index is 12.6. The molecule has 3 aromatic rings. The predicted octanol–water partition coefficient (Wildman–Crippen LogP) is 4.30. The molecule has 0 spiro atoms. The summed E-state index contributed by atoms with van der Waals surface area (Å²) in [5.74, 6) is 0.576. The molecule has 164 valence electrons. The highest BCUT2D eigenvalue weighted by atomic mass is 32.2. The Morgan fingerprint density at radius 1 is 0.677 bits per heavy atom. The van der Waals surface area contributed by atoms with Gasteiger partial charge in [-0.15, -0.1) is 0 Å². The van der Waals surface area contributed by atoms with E-state index in [0.29, 0.717) is 18.0 Å². The molecule has 3 rings (SSSR count). The highest BCUT2D eigenvalue weighted by Crippen LogP contribution is 2.23. The number of anilines is 2. The zero-order valence-electron chi connectivity index (χ0n) is 17.4. The maximum atomic E-state index is 12.6. The first-order chi connectivity index (χ1) is 14.6. The van der Waals surface area contributed by atoms with E-state index in [-0.39, 0.29) is 15.5 Å². The van der Waals surface area contributed by atoms with Crippen LogP contribution < -0.4 is 14.2 Å². The van der Waals surface area contributed by atoms with E-state index in [1.54, 1.807) is 24.3 Å². The molecule has 0 radical (unpaired) electrons. The molecule has 0 aromatic heterocycles. The van der Waals surface area contributed by atoms with Gasteiger partial charge in [0.2, 0.25) is 0 Å². The van der Waals surface area contributed by atoms with Crippen LogP contribution in [0.5, 0.6) is 5.75 Å². The predicted molar refractivity (Wildman–Crippen MR) is 122 cm³/mol. The molecule has 0 unspecified atom stereocenters. The highest BCUT2D eigenvalue weighted by Gasteiger charge is 2.17. The van der Waals surface area contributed by atoms with E-state index < -0.39 is 20.0 Å². The summed E-state index contributed by atoms with van der Waals surface area (Å²) in [6, 6.07) is 16.8. The number of ether oxygens (including phenoxy) is 1. The Morgan fingerprint density at radius 3 is 1.68 bits per heavy atom. The zero-order valence-corrected chi connectivity index (χ0v) is 19.0. The van der Waals surface area contributed by atoms with Crippen molar-refractivity contribution >= 4 is 31.4 Å². The number of nitrogens with one attached hydrogen (secondary N) is 2. The van der Waals surface area contributed by atoms with Gasteiger partial charge in [-0.3, -0.25) is 9.44 Å². The van der Waals surface area contributed by atoms with Crippen molar-refractivity contribution in [3.63, 3.8) is 0 Å². The van der Waals surface area contributed by atoms with Gasteiger partial charge in [-0.25, -0.2) is 16.8 Å². The SMILES string of the molecule is CCOc1ccc(S(=O)(=O)Nc2ccc(S(=O)(=O)Nc3ccc(C)c(C)c3)cc2)cc1. The van der Waals surface area contributed by atoms with E-state index in [9.17, 15) is 16.8 Å². The molecule has 0 aliphatic heterocycles. The van der Waals surface area contributed by atoms with Gasteiger partial charge in [0, 0.05) is 11.4 Å².